The van der Waals surface area contributed by atoms with Crippen molar-refractivity contribution in [1.82, 2.24) is 0 Å². The fourth-order valence-corrected chi connectivity index (χ4v) is 3.34. The van der Waals surface area contributed by atoms with Gasteiger partial charge in [-0.3, -0.25) is 0 Å². The van der Waals surface area contributed by atoms with E-state index in [1.807, 2.05) is 0 Å². The highest BCUT2D eigenvalue weighted by Crippen LogP contribution is 2.40. The summed E-state index contributed by atoms with van der Waals surface area (Å²) < 4.78 is 11.1. The zero-order chi connectivity index (χ0) is 9.84. The van der Waals surface area contributed by atoms with E-state index in [9.17, 15) is 4.57 Å². The molecule has 0 aromatic heterocycles. The quantitative estimate of drug-likeness (QED) is 0.688. The molecule has 0 aromatic carbocycles. The highest BCUT2D eigenvalue weighted by molar-refractivity contribution is 7.38. The smallest absolute Gasteiger partial charge is 0.328 e. The third kappa shape index (κ3) is 3.01. The van der Waals surface area contributed by atoms with E-state index in [2.05, 4.69) is 6.92 Å². The second-order valence-electron chi connectivity index (χ2n) is 3.99. The minimum absolute atomic E-state index is 0.00597. The predicted octanol–water partition coefficient (Wildman–Crippen LogP) is 2.02. The molecule has 4 atom stereocenters. The lowest BCUT2D eigenvalue weighted by molar-refractivity contribution is 0.421. The molecule has 0 aromatic rings. The van der Waals surface area contributed by atoms with Gasteiger partial charge in [0.2, 0.25) is 0 Å². The maximum Gasteiger partial charge on any atom is 0.508 e. The van der Waals surface area contributed by atoms with Crippen LogP contribution >= 0.6 is 8.03 Å². The molecule has 1 rings (SSSR count). The Balaban J connectivity index is 2.49. The lowest BCUT2D eigenvalue weighted by Gasteiger charge is -2.10. The van der Waals surface area contributed by atoms with Crippen LogP contribution in [-0.4, -0.2) is 16.6 Å². The van der Waals surface area contributed by atoms with Crippen LogP contribution in [0.3, 0.4) is 0 Å². The predicted molar refractivity (Wildman–Crippen MR) is 53.8 cm³/mol. The summed E-state index contributed by atoms with van der Waals surface area (Å²) in [5.74, 6) is 0.392. The lowest BCUT2D eigenvalue weighted by Crippen LogP contribution is -2.19. The summed E-state index contributed by atoms with van der Waals surface area (Å²) >= 11 is 0. The molecule has 0 heterocycles. The van der Waals surface area contributed by atoms with Crippen LogP contribution in [0.1, 0.15) is 39.0 Å². The van der Waals surface area contributed by atoms with Gasteiger partial charge in [-0.15, -0.1) is 0 Å². The minimum Gasteiger partial charge on any atom is -0.328 e. The van der Waals surface area contributed by atoms with Crippen molar-refractivity contribution in [1.29, 1.82) is 0 Å². The van der Waals surface area contributed by atoms with Crippen LogP contribution in [0, 0.1) is 5.92 Å². The first-order valence-corrected chi connectivity index (χ1v) is 6.34. The van der Waals surface area contributed by atoms with Crippen LogP contribution in [-0.2, 0) is 4.57 Å². The lowest BCUT2D eigenvalue weighted by atomic mass is 10.00. The van der Waals surface area contributed by atoms with E-state index in [0.29, 0.717) is 5.92 Å². The van der Waals surface area contributed by atoms with Crippen molar-refractivity contribution in [2.24, 2.45) is 11.7 Å². The molecule has 76 valence electrons. The Morgan fingerprint density at radius 2 is 2.31 bits per heavy atom. The molecular formula is C9H19NO2P+. The molecule has 4 unspecified atom stereocenters. The first-order chi connectivity index (χ1) is 6.15. The Morgan fingerprint density at radius 3 is 2.69 bits per heavy atom. The van der Waals surface area contributed by atoms with Gasteiger partial charge in [-0.1, -0.05) is 13.3 Å². The Labute approximate surface area is 80.6 Å². The normalized spacial score (nSPS) is 31.8. The third-order valence-corrected chi connectivity index (χ3v) is 4.17. The van der Waals surface area contributed by atoms with Crippen molar-refractivity contribution in [2.45, 2.75) is 50.7 Å². The Bertz CT molecular complexity index is 186. The van der Waals surface area contributed by atoms with Crippen molar-refractivity contribution < 1.29 is 9.46 Å². The third-order valence-electron chi connectivity index (χ3n) is 2.93. The summed E-state index contributed by atoms with van der Waals surface area (Å²) in [6.07, 6.45) is 4.84. The van der Waals surface area contributed by atoms with Gasteiger partial charge < -0.3 is 5.73 Å². The van der Waals surface area contributed by atoms with Gasteiger partial charge in [0.25, 0.3) is 0 Å². The average Bonchev–Trinajstić information content (AvgIpc) is 2.46. The zero-order valence-electron chi connectivity index (χ0n) is 8.15. The maximum atomic E-state index is 11.1. The van der Waals surface area contributed by atoms with Gasteiger partial charge in [0, 0.05) is 12.0 Å². The van der Waals surface area contributed by atoms with Crippen LogP contribution in [0.5, 0.6) is 0 Å². The van der Waals surface area contributed by atoms with Crippen molar-refractivity contribution in [3.05, 3.63) is 0 Å². The number of hydrogen-bond donors (Lipinski definition) is 2. The topological polar surface area (TPSA) is 63.3 Å². The van der Waals surface area contributed by atoms with Gasteiger partial charge in [-0.25, -0.2) is 0 Å². The van der Waals surface area contributed by atoms with E-state index < -0.39 is 8.03 Å². The SMILES string of the molecule is CCCC(C1CCC(N)C1)[P+](=O)O. The highest BCUT2D eigenvalue weighted by Gasteiger charge is 2.39. The fraction of sp³-hybridized carbons (Fsp3) is 1.00. The maximum absolute atomic E-state index is 11.1. The van der Waals surface area contributed by atoms with Crippen LogP contribution in [0.4, 0.5) is 0 Å². The van der Waals surface area contributed by atoms with E-state index in [-0.39, 0.29) is 11.7 Å². The number of nitrogens with two attached hydrogens (primary N) is 1. The number of hydrogen-bond acceptors (Lipinski definition) is 2. The molecule has 3 nitrogen and oxygen atoms in total. The molecule has 0 amide bonds. The van der Waals surface area contributed by atoms with Gasteiger partial charge in [-0.2, -0.15) is 4.89 Å². The van der Waals surface area contributed by atoms with Gasteiger partial charge in [0.05, 0.1) is 0 Å². The minimum atomic E-state index is -2.01. The summed E-state index contributed by atoms with van der Waals surface area (Å²) in [4.78, 5) is 9.16. The summed E-state index contributed by atoms with van der Waals surface area (Å²) in [5, 5.41) is 0. The highest BCUT2D eigenvalue weighted by atomic mass is 31.1. The first kappa shape index (κ1) is 11.1. The van der Waals surface area contributed by atoms with Crippen LogP contribution in [0.15, 0.2) is 0 Å². The molecule has 13 heavy (non-hydrogen) atoms. The molecule has 3 N–H and O–H groups in total. The second-order valence-corrected chi connectivity index (χ2v) is 5.26. The Hall–Kier alpha value is 0.0200. The molecule has 1 aliphatic carbocycles. The summed E-state index contributed by atoms with van der Waals surface area (Å²) in [6.45, 7) is 2.06. The van der Waals surface area contributed by atoms with E-state index in [0.717, 1.165) is 32.1 Å². The largest absolute Gasteiger partial charge is 0.508 e. The second kappa shape index (κ2) is 5.04. The molecule has 0 bridgehead atoms. The Morgan fingerprint density at radius 1 is 1.62 bits per heavy atom. The zero-order valence-corrected chi connectivity index (χ0v) is 9.04. The molecule has 0 saturated heterocycles. The molecule has 0 aliphatic heterocycles. The van der Waals surface area contributed by atoms with Crippen molar-refractivity contribution in [3.8, 4) is 0 Å². The standard InChI is InChI=1S/C9H18NO2P/c1-2-3-9(13(11)12)7-4-5-8(10)6-7/h7-9H,2-6,10H2,1H3/p+1. The van der Waals surface area contributed by atoms with Gasteiger partial charge >= 0.3 is 8.03 Å². The van der Waals surface area contributed by atoms with Gasteiger partial charge in [0.1, 0.15) is 0 Å². The van der Waals surface area contributed by atoms with Crippen molar-refractivity contribution >= 4 is 8.03 Å². The molecule has 1 fully saturated rings. The first-order valence-electron chi connectivity index (χ1n) is 5.06. The molecule has 4 heteroatoms. The molecule has 0 spiro atoms. The molecule has 1 saturated carbocycles. The van der Waals surface area contributed by atoms with E-state index in [1.165, 1.54) is 0 Å². The Kier molecular flexibility index (Phi) is 4.30. The monoisotopic (exact) mass is 204 g/mol. The summed E-state index contributed by atoms with van der Waals surface area (Å²) in [5.41, 5.74) is 5.78. The van der Waals surface area contributed by atoms with Crippen molar-refractivity contribution in [3.63, 3.8) is 0 Å². The van der Waals surface area contributed by atoms with Gasteiger partial charge in [0.15, 0.2) is 5.66 Å². The van der Waals surface area contributed by atoms with E-state index in [4.69, 9.17) is 10.6 Å². The van der Waals surface area contributed by atoms with Crippen LogP contribution in [0.2, 0.25) is 0 Å². The summed E-state index contributed by atoms with van der Waals surface area (Å²) in [6, 6.07) is 0.263. The molecule has 1 aliphatic rings. The summed E-state index contributed by atoms with van der Waals surface area (Å²) in [7, 11) is -2.01. The van der Waals surface area contributed by atoms with Crippen LogP contribution < -0.4 is 5.73 Å². The molecule has 0 radical (unpaired) electrons. The van der Waals surface area contributed by atoms with E-state index >= 15 is 0 Å². The fourth-order valence-electron chi connectivity index (χ4n) is 2.22. The number of rotatable bonds is 4. The average molecular weight is 204 g/mol. The van der Waals surface area contributed by atoms with E-state index in [1.54, 1.807) is 0 Å². The van der Waals surface area contributed by atoms with Gasteiger partial charge in [-0.05, 0) is 30.2 Å². The van der Waals surface area contributed by atoms with Crippen LogP contribution in [0.25, 0.3) is 0 Å². The molecular weight excluding hydrogens is 185 g/mol. The van der Waals surface area contributed by atoms with Crippen molar-refractivity contribution in [2.75, 3.05) is 0 Å².